The fourth-order valence-corrected chi connectivity index (χ4v) is 4.34. The molecular weight excluding hydrogens is 348 g/mol. The Balaban J connectivity index is 2.47. The number of nitrogens with zero attached hydrogens (tertiary/aromatic N) is 2. The highest BCUT2D eigenvalue weighted by Crippen LogP contribution is 2.24. The van der Waals surface area contributed by atoms with E-state index in [0.29, 0.717) is 0 Å². The van der Waals surface area contributed by atoms with Crippen molar-refractivity contribution in [1.82, 2.24) is 14.7 Å². The van der Waals surface area contributed by atoms with E-state index in [1.807, 2.05) is 4.72 Å². The van der Waals surface area contributed by atoms with Gasteiger partial charge in [0.25, 0.3) is 15.7 Å². The maximum Gasteiger partial charge on any atom is 0.297 e. The first-order valence-corrected chi connectivity index (χ1v) is 9.65. The smallest absolute Gasteiger partial charge is 0.297 e. The van der Waals surface area contributed by atoms with E-state index in [-0.39, 0.29) is 22.5 Å². The average molecular weight is 362 g/mol. The van der Waals surface area contributed by atoms with Crippen LogP contribution in [0.4, 0.5) is 5.69 Å². The van der Waals surface area contributed by atoms with E-state index in [1.165, 1.54) is 32.0 Å². The zero-order valence-electron chi connectivity index (χ0n) is 12.2. The normalized spacial score (nSPS) is 14.0. The molecular formula is C11H14N4O6S2. The lowest BCUT2D eigenvalue weighted by molar-refractivity contribution is -0.383. The Bertz CT molecular complexity index is 964. The summed E-state index contributed by atoms with van der Waals surface area (Å²) in [5.74, 6) is -0.234. The van der Waals surface area contributed by atoms with Crippen molar-refractivity contribution in [2.24, 2.45) is 0 Å². The molecule has 1 aromatic carbocycles. The minimum atomic E-state index is -4.28. The molecule has 0 bridgehead atoms. The summed E-state index contributed by atoms with van der Waals surface area (Å²) in [6.07, 6.45) is 0. The van der Waals surface area contributed by atoms with Gasteiger partial charge in [0.05, 0.1) is 10.4 Å². The van der Waals surface area contributed by atoms with Crippen LogP contribution in [0.15, 0.2) is 23.4 Å². The summed E-state index contributed by atoms with van der Waals surface area (Å²) in [6, 6.07) is 4.00. The molecule has 0 spiro atoms. The van der Waals surface area contributed by atoms with Gasteiger partial charge in [-0.15, -0.1) is 0 Å². The zero-order chi connectivity index (χ0) is 17.4. The van der Waals surface area contributed by atoms with Crippen LogP contribution in [0.5, 0.6) is 0 Å². The van der Waals surface area contributed by atoms with Crippen LogP contribution in [-0.2, 0) is 19.9 Å². The quantitative estimate of drug-likeness (QED) is 0.561. The number of sulfone groups is 1. The van der Waals surface area contributed by atoms with E-state index in [1.54, 1.807) is 0 Å². The lowest BCUT2D eigenvalue weighted by Crippen LogP contribution is -2.39. The number of rotatable bonds is 6. The third kappa shape index (κ3) is 3.33. The largest absolute Gasteiger partial charge is 0.327 e. The van der Waals surface area contributed by atoms with Gasteiger partial charge in [-0.2, -0.15) is 4.72 Å². The maximum absolute atomic E-state index is 12.2. The van der Waals surface area contributed by atoms with Crippen LogP contribution in [-0.4, -0.2) is 42.9 Å². The highest BCUT2D eigenvalue weighted by Gasteiger charge is 2.28. The second-order valence-electron chi connectivity index (χ2n) is 4.69. The minimum absolute atomic E-state index is 0.121. The molecule has 0 saturated carbocycles. The lowest BCUT2D eigenvalue weighted by atomic mass is 10.3. The maximum atomic E-state index is 12.2. The van der Waals surface area contributed by atoms with Gasteiger partial charge < -0.3 is 4.98 Å². The van der Waals surface area contributed by atoms with Crippen molar-refractivity contribution in [2.75, 3.05) is 5.75 Å². The molecule has 1 unspecified atom stereocenters. The van der Waals surface area contributed by atoms with Crippen LogP contribution in [0.3, 0.4) is 0 Å². The summed E-state index contributed by atoms with van der Waals surface area (Å²) < 4.78 is 49.8. The number of nitro benzene ring substituents is 1. The summed E-state index contributed by atoms with van der Waals surface area (Å²) in [7, 11) is -7.91. The number of hydrogen-bond donors (Lipinski definition) is 2. The van der Waals surface area contributed by atoms with Crippen LogP contribution in [0, 0.1) is 10.1 Å². The monoisotopic (exact) mass is 362 g/mol. The molecule has 1 aromatic heterocycles. The van der Waals surface area contributed by atoms with Crippen LogP contribution in [0.2, 0.25) is 0 Å². The summed E-state index contributed by atoms with van der Waals surface area (Å²) in [5.41, 5.74) is -0.316. The highest BCUT2D eigenvalue weighted by atomic mass is 32.2. The summed E-state index contributed by atoms with van der Waals surface area (Å²) in [5, 5.41) is 9.00. The average Bonchev–Trinajstić information content (AvgIpc) is 2.91. The van der Waals surface area contributed by atoms with Gasteiger partial charge in [0.2, 0.25) is 5.16 Å². The fraction of sp³-hybridized carbons (Fsp3) is 0.364. The van der Waals surface area contributed by atoms with Gasteiger partial charge in [-0.05, 0) is 13.0 Å². The number of non-ortho nitro benzene ring substituents is 1. The number of para-hydroxylation sites is 1. The number of H-pyrrole nitrogens is 1. The molecule has 0 radical (unpaired) electrons. The number of nitro groups is 1. The van der Waals surface area contributed by atoms with Gasteiger partial charge >= 0.3 is 0 Å². The lowest BCUT2D eigenvalue weighted by Gasteiger charge is -2.12. The second kappa shape index (κ2) is 5.86. The van der Waals surface area contributed by atoms with E-state index >= 15 is 0 Å². The molecule has 0 aliphatic heterocycles. The molecule has 0 aliphatic rings. The van der Waals surface area contributed by atoms with Gasteiger partial charge in [-0.25, -0.2) is 21.8 Å². The molecule has 12 heteroatoms. The van der Waals surface area contributed by atoms with E-state index < -0.39 is 35.3 Å². The Kier molecular flexibility index (Phi) is 4.41. The first-order chi connectivity index (χ1) is 10.6. The van der Waals surface area contributed by atoms with Crippen molar-refractivity contribution in [1.29, 1.82) is 0 Å². The predicted molar refractivity (Wildman–Crippen MR) is 82.0 cm³/mol. The summed E-state index contributed by atoms with van der Waals surface area (Å²) in [4.78, 5) is 16.4. The van der Waals surface area contributed by atoms with Crippen molar-refractivity contribution in [3.63, 3.8) is 0 Å². The molecule has 1 atom stereocenters. The number of aromatic nitrogens is 2. The third-order valence-electron chi connectivity index (χ3n) is 3.18. The Morgan fingerprint density at radius 1 is 1.35 bits per heavy atom. The van der Waals surface area contributed by atoms with Crippen molar-refractivity contribution < 1.29 is 21.8 Å². The number of aromatic amines is 1. The van der Waals surface area contributed by atoms with Crippen LogP contribution >= 0.6 is 0 Å². The van der Waals surface area contributed by atoms with E-state index in [4.69, 9.17) is 0 Å². The molecule has 10 nitrogen and oxygen atoms in total. The number of benzene rings is 1. The van der Waals surface area contributed by atoms with Gasteiger partial charge in [0.1, 0.15) is 5.37 Å². The molecule has 0 amide bonds. The number of hydrogen-bond acceptors (Lipinski definition) is 7. The molecule has 0 aliphatic carbocycles. The SMILES string of the molecule is CCS(=O)(=O)C(C)NS(=O)(=O)c1nc2c([N+](=O)[O-])cccc2[nH]1. The standard InChI is InChI=1S/C11H14N4O6S2/c1-3-22(18,19)7(2)14-23(20,21)11-12-8-5-4-6-9(15(16)17)10(8)13-11/h4-7,14H,3H2,1-2H3,(H,12,13). The second-order valence-corrected chi connectivity index (χ2v) is 8.93. The summed E-state index contributed by atoms with van der Waals surface area (Å²) >= 11 is 0. The number of sulfonamides is 1. The van der Waals surface area contributed by atoms with Crippen molar-refractivity contribution in [3.05, 3.63) is 28.3 Å². The number of imidazole rings is 1. The first kappa shape index (κ1) is 17.3. The Hall–Kier alpha value is -2.05. The molecule has 2 rings (SSSR count). The summed E-state index contributed by atoms with van der Waals surface area (Å²) in [6.45, 7) is 2.59. The van der Waals surface area contributed by atoms with Crippen LogP contribution in [0.25, 0.3) is 11.0 Å². The van der Waals surface area contributed by atoms with Gasteiger partial charge in [-0.1, -0.05) is 13.0 Å². The Labute approximate surface area is 132 Å². The van der Waals surface area contributed by atoms with Gasteiger partial charge in [0.15, 0.2) is 15.4 Å². The number of nitrogens with one attached hydrogen (secondary N) is 2. The molecule has 1 heterocycles. The molecule has 126 valence electrons. The first-order valence-electron chi connectivity index (χ1n) is 6.45. The molecule has 23 heavy (non-hydrogen) atoms. The van der Waals surface area contributed by atoms with Crippen molar-refractivity contribution in [2.45, 2.75) is 24.4 Å². The topological polar surface area (TPSA) is 152 Å². The van der Waals surface area contributed by atoms with Crippen molar-refractivity contribution in [3.8, 4) is 0 Å². The van der Waals surface area contributed by atoms with E-state index in [0.717, 1.165) is 0 Å². The van der Waals surface area contributed by atoms with Crippen LogP contribution < -0.4 is 4.72 Å². The Morgan fingerprint density at radius 3 is 2.57 bits per heavy atom. The minimum Gasteiger partial charge on any atom is -0.327 e. The number of fused-ring (bicyclic) bond motifs is 1. The molecule has 0 fully saturated rings. The molecule has 2 aromatic rings. The van der Waals surface area contributed by atoms with Gasteiger partial charge in [-0.3, -0.25) is 10.1 Å². The highest BCUT2D eigenvalue weighted by molar-refractivity contribution is 7.94. The predicted octanol–water partition coefficient (Wildman–Crippen LogP) is 0.530. The third-order valence-corrected chi connectivity index (χ3v) is 6.70. The van der Waals surface area contributed by atoms with E-state index in [9.17, 15) is 26.9 Å². The Morgan fingerprint density at radius 2 is 2.00 bits per heavy atom. The zero-order valence-corrected chi connectivity index (χ0v) is 13.8. The van der Waals surface area contributed by atoms with Crippen LogP contribution in [0.1, 0.15) is 13.8 Å². The fourth-order valence-electron chi connectivity index (χ4n) is 1.87. The molecule has 2 N–H and O–H groups in total. The van der Waals surface area contributed by atoms with Gasteiger partial charge in [0, 0.05) is 11.8 Å². The van der Waals surface area contributed by atoms with E-state index in [2.05, 4.69) is 9.97 Å². The van der Waals surface area contributed by atoms with Crippen molar-refractivity contribution >= 4 is 36.6 Å². The molecule has 0 saturated heterocycles.